The van der Waals surface area contributed by atoms with Gasteiger partial charge in [0.15, 0.2) is 9.84 Å². The van der Waals surface area contributed by atoms with Crippen LogP contribution in [-0.2, 0) is 9.84 Å². The fourth-order valence-electron chi connectivity index (χ4n) is 0.910. The van der Waals surface area contributed by atoms with Gasteiger partial charge >= 0.3 is 0 Å². The van der Waals surface area contributed by atoms with E-state index in [1.165, 1.54) is 12.1 Å². The average Bonchev–Trinajstić information content (AvgIpc) is 1.83. The van der Waals surface area contributed by atoms with Crippen LogP contribution >= 0.6 is 11.6 Å². The van der Waals surface area contributed by atoms with Crippen molar-refractivity contribution < 1.29 is 8.42 Å². The van der Waals surface area contributed by atoms with Crippen molar-refractivity contribution in [1.82, 2.24) is 4.98 Å². The summed E-state index contributed by atoms with van der Waals surface area (Å²) in [6.45, 7) is 1.61. The number of hydrogen-bond acceptors (Lipinski definition) is 3. The van der Waals surface area contributed by atoms with Crippen molar-refractivity contribution in [2.24, 2.45) is 0 Å². The molecule has 0 atom stereocenters. The van der Waals surface area contributed by atoms with Gasteiger partial charge in [-0.3, -0.25) is 0 Å². The number of aryl methyl sites for hydroxylation is 1. The van der Waals surface area contributed by atoms with Crippen LogP contribution in [0.25, 0.3) is 0 Å². The van der Waals surface area contributed by atoms with Gasteiger partial charge in [-0.15, -0.1) is 0 Å². The van der Waals surface area contributed by atoms with E-state index in [0.717, 1.165) is 6.26 Å². The molecule has 0 radical (unpaired) electrons. The maximum atomic E-state index is 11.1. The molecule has 0 spiro atoms. The highest BCUT2D eigenvalue weighted by molar-refractivity contribution is 7.90. The van der Waals surface area contributed by atoms with E-state index in [0.29, 0.717) is 10.8 Å². The first kappa shape index (κ1) is 9.48. The molecule has 1 aromatic heterocycles. The van der Waals surface area contributed by atoms with Crippen LogP contribution < -0.4 is 0 Å². The number of hydrogen-bond donors (Lipinski definition) is 0. The highest BCUT2D eigenvalue weighted by Crippen LogP contribution is 2.15. The molecule has 1 aromatic rings. The zero-order valence-electron chi connectivity index (χ0n) is 6.70. The molecule has 1 heterocycles. The van der Waals surface area contributed by atoms with Crippen LogP contribution in [0.1, 0.15) is 5.69 Å². The molecular weight excluding hydrogens is 198 g/mol. The standard InChI is InChI=1S/C7H8ClNO2S/c1-5-6(12(2,10)11)3-4-7(8)9-5/h3-4H,1-2H3. The van der Waals surface area contributed by atoms with Crippen LogP contribution in [0.3, 0.4) is 0 Å². The van der Waals surface area contributed by atoms with Crippen LogP contribution in [-0.4, -0.2) is 19.7 Å². The highest BCUT2D eigenvalue weighted by Gasteiger charge is 2.11. The van der Waals surface area contributed by atoms with Gasteiger partial charge in [0.2, 0.25) is 0 Å². The van der Waals surface area contributed by atoms with Crippen molar-refractivity contribution >= 4 is 21.4 Å². The maximum absolute atomic E-state index is 11.1. The predicted molar refractivity (Wildman–Crippen MR) is 47.1 cm³/mol. The molecule has 3 nitrogen and oxygen atoms in total. The van der Waals surface area contributed by atoms with E-state index in [4.69, 9.17) is 11.6 Å². The summed E-state index contributed by atoms with van der Waals surface area (Å²) in [7, 11) is -3.17. The molecule has 66 valence electrons. The molecule has 0 aliphatic carbocycles. The first-order chi connectivity index (χ1) is 5.41. The summed E-state index contributed by atoms with van der Waals surface area (Å²) in [4.78, 5) is 4.05. The van der Waals surface area contributed by atoms with Gasteiger partial charge in [-0.25, -0.2) is 13.4 Å². The number of sulfone groups is 1. The molecule has 1 rings (SSSR count). The Morgan fingerprint density at radius 1 is 1.42 bits per heavy atom. The lowest BCUT2D eigenvalue weighted by Crippen LogP contribution is -2.01. The zero-order chi connectivity index (χ0) is 9.35. The third-order valence-corrected chi connectivity index (χ3v) is 2.84. The Kier molecular flexibility index (Phi) is 2.39. The van der Waals surface area contributed by atoms with Gasteiger partial charge in [0, 0.05) is 6.26 Å². The quantitative estimate of drug-likeness (QED) is 0.652. The lowest BCUT2D eigenvalue weighted by atomic mass is 10.4. The Morgan fingerprint density at radius 2 is 2.00 bits per heavy atom. The minimum atomic E-state index is -3.17. The topological polar surface area (TPSA) is 47.0 Å². The Balaban J connectivity index is 3.39. The molecule has 0 N–H and O–H groups in total. The van der Waals surface area contributed by atoms with Crippen LogP contribution in [0.15, 0.2) is 17.0 Å². The Hall–Kier alpha value is -0.610. The average molecular weight is 206 g/mol. The van der Waals surface area contributed by atoms with Gasteiger partial charge in [0.1, 0.15) is 5.15 Å². The summed E-state index contributed by atoms with van der Waals surface area (Å²) in [6, 6.07) is 2.92. The van der Waals surface area contributed by atoms with E-state index in [1.807, 2.05) is 0 Å². The van der Waals surface area contributed by atoms with E-state index in [1.54, 1.807) is 6.92 Å². The molecule has 12 heavy (non-hydrogen) atoms. The SMILES string of the molecule is Cc1nc(Cl)ccc1S(C)(=O)=O. The molecule has 0 saturated heterocycles. The van der Waals surface area contributed by atoms with Gasteiger partial charge in [0.25, 0.3) is 0 Å². The molecule has 0 amide bonds. The van der Waals surface area contributed by atoms with Gasteiger partial charge < -0.3 is 0 Å². The second kappa shape index (κ2) is 3.03. The first-order valence-electron chi connectivity index (χ1n) is 3.24. The van der Waals surface area contributed by atoms with Crippen molar-refractivity contribution in [2.45, 2.75) is 11.8 Å². The summed E-state index contributed by atoms with van der Waals surface area (Å²) < 4.78 is 22.2. The molecule has 0 aromatic carbocycles. The van der Waals surface area contributed by atoms with Gasteiger partial charge in [-0.1, -0.05) is 11.6 Å². The predicted octanol–water partition coefficient (Wildman–Crippen LogP) is 1.45. The van der Waals surface area contributed by atoms with Gasteiger partial charge in [-0.05, 0) is 19.1 Å². The monoisotopic (exact) mass is 205 g/mol. The smallest absolute Gasteiger partial charge is 0.177 e. The van der Waals surface area contributed by atoms with Crippen molar-refractivity contribution in [3.05, 3.63) is 23.0 Å². The van der Waals surface area contributed by atoms with E-state index in [9.17, 15) is 8.42 Å². The number of pyridine rings is 1. The van der Waals surface area contributed by atoms with Crippen LogP contribution in [0.5, 0.6) is 0 Å². The molecule has 0 aliphatic heterocycles. The lowest BCUT2D eigenvalue weighted by molar-refractivity contribution is 0.600. The number of aromatic nitrogens is 1. The molecule has 5 heteroatoms. The zero-order valence-corrected chi connectivity index (χ0v) is 8.28. The Bertz CT molecular complexity index is 400. The van der Waals surface area contributed by atoms with Gasteiger partial charge in [0.05, 0.1) is 10.6 Å². The van der Waals surface area contributed by atoms with Crippen molar-refractivity contribution in [3.8, 4) is 0 Å². The van der Waals surface area contributed by atoms with Crippen molar-refractivity contribution in [2.75, 3.05) is 6.26 Å². The van der Waals surface area contributed by atoms with Crippen molar-refractivity contribution in [1.29, 1.82) is 0 Å². The highest BCUT2D eigenvalue weighted by atomic mass is 35.5. The van der Waals surface area contributed by atoms with Crippen LogP contribution in [0.4, 0.5) is 0 Å². The molecule has 0 saturated carbocycles. The summed E-state index contributed by atoms with van der Waals surface area (Å²) in [6.07, 6.45) is 1.14. The van der Waals surface area contributed by atoms with Gasteiger partial charge in [-0.2, -0.15) is 0 Å². The largest absolute Gasteiger partial charge is 0.240 e. The summed E-state index contributed by atoms with van der Waals surface area (Å²) >= 11 is 5.56. The van der Waals surface area contributed by atoms with E-state index in [-0.39, 0.29) is 4.90 Å². The maximum Gasteiger partial charge on any atom is 0.177 e. The molecule has 0 aliphatic rings. The van der Waals surface area contributed by atoms with Crippen LogP contribution in [0.2, 0.25) is 5.15 Å². The first-order valence-corrected chi connectivity index (χ1v) is 5.51. The Labute approximate surface area is 76.3 Å². The normalized spacial score (nSPS) is 11.6. The minimum Gasteiger partial charge on any atom is -0.240 e. The molecule has 0 unspecified atom stereocenters. The summed E-state index contributed by atoms with van der Waals surface area (Å²) in [5.41, 5.74) is 0.435. The third kappa shape index (κ3) is 1.95. The number of nitrogens with zero attached hydrogens (tertiary/aromatic N) is 1. The second-order valence-corrected chi connectivity index (χ2v) is 4.86. The van der Waals surface area contributed by atoms with E-state index >= 15 is 0 Å². The molecule has 0 fully saturated rings. The fourth-order valence-corrected chi connectivity index (χ4v) is 2.00. The van der Waals surface area contributed by atoms with Crippen LogP contribution in [0, 0.1) is 6.92 Å². The van der Waals surface area contributed by atoms with E-state index < -0.39 is 9.84 Å². The lowest BCUT2D eigenvalue weighted by Gasteiger charge is -2.01. The third-order valence-electron chi connectivity index (χ3n) is 1.40. The number of rotatable bonds is 1. The Morgan fingerprint density at radius 3 is 2.42 bits per heavy atom. The summed E-state index contributed by atoms with van der Waals surface area (Å²) in [5.74, 6) is 0. The minimum absolute atomic E-state index is 0.229. The fraction of sp³-hybridized carbons (Fsp3) is 0.286. The van der Waals surface area contributed by atoms with Crippen molar-refractivity contribution in [3.63, 3.8) is 0 Å². The molecular formula is C7H8ClNO2S. The van der Waals surface area contributed by atoms with E-state index in [2.05, 4.69) is 4.98 Å². The number of halogens is 1. The second-order valence-electron chi connectivity index (χ2n) is 2.49. The summed E-state index contributed by atoms with van der Waals surface area (Å²) in [5, 5.41) is 0.305. The molecule has 0 bridgehead atoms.